The van der Waals surface area contributed by atoms with Crippen molar-refractivity contribution >= 4 is 5.97 Å². The summed E-state index contributed by atoms with van der Waals surface area (Å²) in [7, 11) is 1.40. The van der Waals surface area contributed by atoms with Crippen molar-refractivity contribution in [2.75, 3.05) is 7.11 Å². The number of esters is 1. The van der Waals surface area contributed by atoms with E-state index in [0.29, 0.717) is 6.42 Å². The van der Waals surface area contributed by atoms with Crippen molar-refractivity contribution in [3.05, 3.63) is 24.3 Å². The molecule has 2 nitrogen and oxygen atoms in total. The lowest BCUT2D eigenvalue weighted by Crippen LogP contribution is -1.96. The number of methoxy groups -OCH3 is 1. The van der Waals surface area contributed by atoms with Gasteiger partial charge in [-0.25, -0.2) is 0 Å². The molecule has 0 aliphatic rings. The van der Waals surface area contributed by atoms with E-state index < -0.39 is 0 Å². The van der Waals surface area contributed by atoms with E-state index in [1.54, 1.807) is 0 Å². The second-order valence-corrected chi connectivity index (χ2v) is 3.49. The fourth-order valence-corrected chi connectivity index (χ4v) is 1.19. The number of carbonyl (C=O) groups is 1. The normalized spacial score (nSPS) is 11.3. The number of carbonyl (C=O) groups excluding carboxylic acids is 1. The molecule has 0 amide bonds. The second kappa shape index (κ2) is 11.0. The van der Waals surface area contributed by atoms with Crippen LogP contribution >= 0.6 is 0 Å². The molecule has 0 radical (unpaired) electrons. The molecule has 0 aromatic heterocycles. The Bertz CT molecular complexity index is 205. The maximum absolute atomic E-state index is 10.7. The van der Waals surface area contributed by atoms with E-state index in [9.17, 15) is 4.79 Å². The van der Waals surface area contributed by atoms with E-state index in [0.717, 1.165) is 6.42 Å². The Morgan fingerprint density at radius 3 is 2.53 bits per heavy atom. The van der Waals surface area contributed by atoms with Crippen LogP contribution in [-0.4, -0.2) is 13.1 Å². The van der Waals surface area contributed by atoms with Crippen LogP contribution in [0.25, 0.3) is 0 Å². The highest BCUT2D eigenvalue weighted by Crippen LogP contribution is 2.02. The van der Waals surface area contributed by atoms with Crippen molar-refractivity contribution in [3.8, 4) is 0 Å². The third-order valence-corrected chi connectivity index (χ3v) is 2.12. The summed E-state index contributed by atoms with van der Waals surface area (Å²) in [5, 5.41) is 0. The number of ether oxygens (including phenoxy) is 1. The highest BCUT2D eigenvalue weighted by molar-refractivity contribution is 5.70. The largest absolute Gasteiger partial charge is 0.469 e. The molecule has 0 rings (SSSR count). The molecule has 2 heteroatoms. The molecule has 0 heterocycles. The molecule has 0 bridgehead atoms. The summed E-state index contributed by atoms with van der Waals surface area (Å²) in [5.41, 5.74) is 0. The fraction of sp³-hybridized carbons (Fsp3) is 0.615. The zero-order valence-electron chi connectivity index (χ0n) is 9.87. The van der Waals surface area contributed by atoms with Gasteiger partial charge >= 0.3 is 5.97 Å². The van der Waals surface area contributed by atoms with Crippen molar-refractivity contribution in [1.29, 1.82) is 0 Å². The van der Waals surface area contributed by atoms with Crippen LogP contribution < -0.4 is 0 Å². The van der Waals surface area contributed by atoms with Crippen LogP contribution in [0, 0.1) is 0 Å². The molecule has 15 heavy (non-hydrogen) atoms. The summed E-state index contributed by atoms with van der Waals surface area (Å²) in [6.07, 6.45) is 14.5. The second-order valence-electron chi connectivity index (χ2n) is 3.49. The van der Waals surface area contributed by atoms with Gasteiger partial charge in [-0.2, -0.15) is 0 Å². The quantitative estimate of drug-likeness (QED) is 0.347. The first kappa shape index (κ1) is 13.9. The number of allylic oxidation sites excluding steroid dienone is 3. The summed E-state index contributed by atoms with van der Waals surface area (Å²) in [5.74, 6) is -0.192. The highest BCUT2D eigenvalue weighted by atomic mass is 16.5. The van der Waals surface area contributed by atoms with Gasteiger partial charge in [-0.15, -0.1) is 0 Å². The molecule has 0 atom stereocenters. The predicted molar refractivity (Wildman–Crippen MR) is 63.7 cm³/mol. The van der Waals surface area contributed by atoms with Crippen molar-refractivity contribution < 1.29 is 9.53 Å². The molecule has 0 fully saturated rings. The van der Waals surface area contributed by atoms with Crippen molar-refractivity contribution in [3.63, 3.8) is 0 Å². The molecule has 0 unspecified atom stereocenters. The Hall–Kier alpha value is -1.05. The van der Waals surface area contributed by atoms with Crippen LogP contribution in [0.15, 0.2) is 24.3 Å². The molecule has 0 saturated heterocycles. The van der Waals surface area contributed by atoms with E-state index in [2.05, 4.69) is 17.7 Å². The molecule has 0 aromatic carbocycles. The summed E-state index contributed by atoms with van der Waals surface area (Å²) in [4.78, 5) is 10.7. The van der Waals surface area contributed by atoms with E-state index in [1.807, 2.05) is 18.2 Å². The van der Waals surface area contributed by atoms with Crippen LogP contribution in [0.3, 0.4) is 0 Å². The molecule has 0 spiro atoms. The van der Waals surface area contributed by atoms with Gasteiger partial charge in [0, 0.05) is 0 Å². The Balaban J connectivity index is 3.33. The summed E-state index contributed by atoms with van der Waals surface area (Å²) in [6, 6.07) is 0. The lowest BCUT2D eigenvalue weighted by atomic mass is 10.1. The smallest absolute Gasteiger partial charge is 0.309 e. The number of rotatable bonds is 8. The van der Waals surface area contributed by atoms with Gasteiger partial charge in [0.25, 0.3) is 0 Å². The molecular formula is C13H22O2. The first-order valence-electron chi connectivity index (χ1n) is 5.69. The number of unbranched alkanes of at least 4 members (excludes halogenated alkanes) is 4. The van der Waals surface area contributed by atoms with Crippen LogP contribution in [0.5, 0.6) is 0 Å². The predicted octanol–water partition coefficient (Wildman–Crippen LogP) is 3.63. The fourth-order valence-electron chi connectivity index (χ4n) is 1.19. The Morgan fingerprint density at radius 1 is 1.13 bits per heavy atom. The molecular weight excluding hydrogens is 188 g/mol. The first-order chi connectivity index (χ1) is 7.31. The number of hydrogen-bond acceptors (Lipinski definition) is 2. The minimum absolute atomic E-state index is 0.192. The van der Waals surface area contributed by atoms with Gasteiger partial charge in [0.1, 0.15) is 0 Å². The molecule has 0 aliphatic heterocycles. The Labute approximate surface area is 93.0 Å². The third kappa shape index (κ3) is 10.9. The van der Waals surface area contributed by atoms with E-state index in [-0.39, 0.29) is 5.97 Å². The van der Waals surface area contributed by atoms with E-state index in [4.69, 9.17) is 0 Å². The van der Waals surface area contributed by atoms with Gasteiger partial charge < -0.3 is 4.74 Å². The molecule has 0 aliphatic carbocycles. The SMILES string of the molecule is CCCCCC/C=C\C=C\CC(=O)OC. The third-order valence-electron chi connectivity index (χ3n) is 2.12. The molecule has 0 saturated carbocycles. The Kier molecular flexibility index (Phi) is 10.3. The van der Waals surface area contributed by atoms with Crippen molar-refractivity contribution in [2.45, 2.75) is 45.4 Å². The lowest BCUT2D eigenvalue weighted by Gasteiger charge is -1.93. The Morgan fingerprint density at radius 2 is 1.87 bits per heavy atom. The summed E-state index contributed by atoms with van der Waals surface area (Å²) in [6.45, 7) is 2.21. The van der Waals surface area contributed by atoms with Crippen LogP contribution in [-0.2, 0) is 9.53 Å². The highest BCUT2D eigenvalue weighted by Gasteiger charge is 1.91. The van der Waals surface area contributed by atoms with E-state index >= 15 is 0 Å². The topological polar surface area (TPSA) is 26.3 Å². The maximum atomic E-state index is 10.7. The summed E-state index contributed by atoms with van der Waals surface area (Å²) >= 11 is 0. The van der Waals surface area contributed by atoms with Gasteiger partial charge in [0.05, 0.1) is 13.5 Å². The van der Waals surface area contributed by atoms with Gasteiger partial charge in [-0.1, -0.05) is 50.5 Å². The van der Waals surface area contributed by atoms with Gasteiger partial charge in [0.15, 0.2) is 0 Å². The minimum Gasteiger partial charge on any atom is -0.469 e. The maximum Gasteiger partial charge on any atom is 0.309 e. The average molecular weight is 210 g/mol. The van der Waals surface area contributed by atoms with Gasteiger partial charge in [-0.05, 0) is 12.8 Å². The zero-order chi connectivity index (χ0) is 11.4. The summed E-state index contributed by atoms with van der Waals surface area (Å²) < 4.78 is 4.51. The zero-order valence-corrected chi connectivity index (χ0v) is 9.87. The number of hydrogen-bond donors (Lipinski definition) is 0. The minimum atomic E-state index is -0.192. The standard InChI is InChI=1S/C13H22O2/c1-3-4-5-6-7-8-9-10-11-12-13(14)15-2/h8-11H,3-7,12H2,1-2H3/b9-8-,11-10+. The van der Waals surface area contributed by atoms with Crippen LogP contribution in [0.4, 0.5) is 0 Å². The lowest BCUT2D eigenvalue weighted by molar-refractivity contribution is -0.139. The molecule has 0 aromatic rings. The van der Waals surface area contributed by atoms with Gasteiger partial charge in [0.2, 0.25) is 0 Å². The van der Waals surface area contributed by atoms with Gasteiger partial charge in [-0.3, -0.25) is 4.79 Å². The van der Waals surface area contributed by atoms with E-state index in [1.165, 1.54) is 32.8 Å². The first-order valence-corrected chi connectivity index (χ1v) is 5.69. The molecule has 0 N–H and O–H groups in total. The van der Waals surface area contributed by atoms with Crippen LogP contribution in [0.1, 0.15) is 45.4 Å². The monoisotopic (exact) mass is 210 g/mol. The average Bonchev–Trinajstić information content (AvgIpc) is 2.26. The molecule has 86 valence electrons. The van der Waals surface area contributed by atoms with Crippen LogP contribution in [0.2, 0.25) is 0 Å². The van der Waals surface area contributed by atoms with Crippen molar-refractivity contribution in [2.24, 2.45) is 0 Å². The van der Waals surface area contributed by atoms with Crippen molar-refractivity contribution in [1.82, 2.24) is 0 Å².